The summed E-state index contributed by atoms with van der Waals surface area (Å²) in [5, 5.41) is 6.37. The molecular weight excluding hydrogens is 274 g/mol. The molecule has 2 aromatic rings. The molecule has 0 radical (unpaired) electrons. The lowest BCUT2D eigenvalue weighted by Gasteiger charge is -2.09. The quantitative estimate of drug-likeness (QED) is 0.653. The van der Waals surface area contributed by atoms with E-state index in [-0.39, 0.29) is 5.97 Å². The molecule has 0 saturated carbocycles. The van der Waals surface area contributed by atoms with E-state index >= 15 is 0 Å². The van der Waals surface area contributed by atoms with Crippen molar-refractivity contribution in [3.8, 4) is 0 Å². The molecule has 0 spiro atoms. The molecule has 2 rings (SSSR count). The Morgan fingerprint density at radius 2 is 2.30 bits per heavy atom. The highest BCUT2D eigenvalue weighted by Crippen LogP contribution is 2.20. The molecule has 5 nitrogen and oxygen atoms in total. The highest BCUT2D eigenvalue weighted by atomic mass is 32.1. The molecule has 0 unspecified atom stereocenters. The van der Waals surface area contributed by atoms with Gasteiger partial charge in [0.2, 0.25) is 0 Å². The van der Waals surface area contributed by atoms with E-state index in [1.54, 1.807) is 29.5 Å². The van der Waals surface area contributed by atoms with Crippen molar-refractivity contribution in [2.45, 2.75) is 13.3 Å². The number of ether oxygens (including phenoxy) is 1. The average Bonchev–Trinajstić information content (AvgIpc) is 2.85. The number of anilines is 2. The van der Waals surface area contributed by atoms with Gasteiger partial charge in [-0.05, 0) is 25.1 Å². The smallest absolute Gasteiger partial charge is 0.337 e. The summed E-state index contributed by atoms with van der Waals surface area (Å²) in [6.07, 6.45) is 0.836. The molecule has 1 aromatic heterocycles. The van der Waals surface area contributed by atoms with Gasteiger partial charge in [0.15, 0.2) is 0 Å². The first-order chi connectivity index (χ1) is 9.60. The normalized spacial score (nSPS) is 10.3. The summed E-state index contributed by atoms with van der Waals surface area (Å²) in [7, 11) is 1.35. The van der Waals surface area contributed by atoms with Gasteiger partial charge in [-0.25, -0.2) is 9.78 Å². The molecular formula is C14H17N3O2S. The molecule has 0 aliphatic heterocycles. The third kappa shape index (κ3) is 3.48. The van der Waals surface area contributed by atoms with Crippen LogP contribution in [0.1, 0.15) is 21.1 Å². The highest BCUT2D eigenvalue weighted by Gasteiger charge is 2.08. The van der Waals surface area contributed by atoms with Crippen LogP contribution in [-0.4, -0.2) is 24.6 Å². The van der Waals surface area contributed by atoms with E-state index in [4.69, 9.17) is 5.73 Å². The minimum Gasteiger partial charge on any atom is -0.465 e. The Labute approximate surface area is 121 Å². The third-order valence-corrected chi connectivity index (χ3v) is 3.66. The zero-order chi connectivity index (χ0) is 14.5. The fourth-order valence-electron chi connectivity index (χ4n) is 1.82. The maximum absolute atomic E-state index is 11.4. The van der Waals surface area contributed by atoms with Crippen LogP contribution >= 0.6 is 11.3 Å². The summed E-state index contributed by atoms with van der Waals surface area (Å²) in [5.41, 5.74) is 8.78. The zero-order valence-corrected chi connectivity index (χ0v) is 12.3. The Morgan fingerprint density at radius 1 is 1.50 bits per heavy atom. The van der Waals surface area contributed by atoms with Crippen LogP contribution in [0, 0.1) is 6.92 Å². The Kier molecular flexibility index (Phi) is 4.57. The first-order valence-corrected chi connectivity index (χ1v) is 7.11. The number of hydrogen-bond donors (Lipinski definition) is 2. The second kappa shape index (κ2) is 6.38. The van der Waals surface area contributed by atoms with E-state index in [9.17, 15) is 4.79 Å². The van der Waals surface area contributed by atoms with Gasteiger partial charge in [0.25, 0.3) is 0 Å². The van der Waals surface area contributed by atoms with Crippen molar-refractivity contribution in [3.63, 3.8) is 0 Å². The van der Waals surface area contributed by atoms with Gasteiger partial charge in [-0.15, -0.1) is 11.3 Å². The molecule has 3 N–H and O–H groups in total. The number of carbonyl (C=O) groups excluding carboxylic acids is 1. The topological polar surface area (TPSA) is 77.2 Å². The SMILES string of the molecule is COC(=O)c1ccc(NCCc2csc(C)n2)c(N)c1. The third-order valence-electron chi connectivity index (χ3n) is 2.84. The summed E-state index contributed by atoms with van der Waals surface area (Å²) in [6.45, 7) is 2.73. The molecule has 0 atom stereocenters. The number of aryl methyl sites for hydroxylation is 1. The summed E-state index contributed by atoms with van der Waals surface area (Å²) in [4.78, 5) is 15.8. The molecule has 1 heterocycles. The number of nitrogens with one attached hydrogen (secondary N) is 1. The molecule has 0 saturated heterocycles. The number of rotatable bonds is 5. The van der Waals surface area contributed by atoms with Gasteiger partial charge in [0.1, 0.15) is 0 Å². The summed E-state index contributed by atoms with van der Waals surface area (Å²) >= 11 is 1.65. The van der Waals surface area contributed by atoms with Crippen molar-refractivity contribution in [1.29, 1.82) is 0 Å². The number of carbonyl (C=O) groups is 1. The van der Waals surface area contributed by atoms with Gasteiger partial charge in [-0.1, -0.05) is 0 Å². The Hall–Kier alpha value is -2.08. The molecule has 0 fully saturated rings. The summed E-state index contributed by atoms with van der Waals surface area (Å²) < 4.78 is 4.65. The van der Waals surface area contributed by atoms with E-state index in [0.29, 0.717) is 11.3 Å². The molecule has 0 aliphatic carbocycles. The molecule has 0 aliphatic rings. The van der Waals surface area contributed by atoms with E-state index in [2.05, 4.69) is 20.4 Å². The zero-order valence-electron chi connectivity index (χ0n) is 11.5. The van der Waals surface area contributed by atoms with Gasteiger partial charge >= 0.3 is 5.97 Å². The number of aromatic nitrogens is 1. The average molecular weight is 291 g/mol. The second-order valence-corrected chi connectivity index (χ2v) is 5.39. The van der Waals surface area contributed by atoms with Crippen LogP contribution in [-0.2, 0) is 11.2 Å². The predicted octanol–water partition coefficient (Wildman–Crippen LogP) is 2.47. The van der Waals surface area contributed by atoms with Crippen LogP contribution in [0.2, 0.25) is 0 Å². The summed E-state index contributed by atoms with van der Waals surface area (Å²) in [6, 6.07) is 5.09. The number of methoxy groups -OCH3 is 1. The maximum Gasteiger partial charge on any atom is 0.337 e. The standard InChI is InChI=1S/C14H17N3O2S/c1-9-17-11(8-20-9)5-6-16-13-4-3-10(7-12(13)15)14(18)19-2/h3-4,7-8,16H,5-6,15H2,1-2H3. The molecule has 0 bridgehead atoms. The van der Waals surface area contributed by atoms with Crippen molar-refractivity contribution in [2.75, 3.05) is 24.7 Å². The van der Waals surface area contributed by atoms with E-state index in [1.807, 2.05) is 6.92 Å². The number of thiazole rings is 1. The summed E-state index contributed by atoms with van der Waals surface area (Å²) in [5.74, 6) is -0.388. The van der Waals surface area contributed by atoms with Crippen LogP contribution in [0.3, 0.4) is 0 Å². The number of nitrogen functional groups attached to an aromatic ring is 1. The predicted molar refractivity (Wildman–Crippen MR) is 81.2 cm³/mol. The number of nitrogens with zero attached hydrogens (tertiary/aromatic N) is 1. The van der Waals surface area contributed by atoms with Crippen molar-refractivity contribution < 1.29 is 9.53 Å². The van der Waals surface area contributed by atoms with Gasteiger partial charge in [0.05, 0.1) is 34.7 Å². The largest absolute Gasteiger partial charge is 0.465 e. The number of nitrogens with two attached hydrogens (primary N) is 1. The lowest BCUT2D eigenvalue weighted by atomic mass is 10.1. The first kappa shape index (κ1) is 14.3. The van der Waals surface area contributed by atoms with Crippen molar-refractivity contribution >= 4 is 28.7 Å². The minimum atomic E-state index is -0.388. The second-order valence-electron chi connectivity index (χ2n) is 4.33. The maximum atomic E-state index is 11.4. The fraction of sp³-hybridized carbons (Fsp3) is 0.286. The Morgan fingerprint density at radius 3 is 2.90 bits per heavy atom. The Bertz CT molecular complexity index is 610. The van der Waals surface area contributed by atoms with Gasteiger partial charge in [0, 0.05) is 18.3 Å². The fourth-order valence-corrected chi connectivity index (χ4v) is 2.46. The van der Waals surface area contributed by atoms with E-state index in [1.165, 1.54) is 7.11 Å². The minimum absolute atomic E-state index is 0.388. The lowest BCUT2D eigenvalue weighted by molar-refractivity contribution is 0.0601. The number of hydrogen-bond acceptors (Lipinski definition) is 6. The lowest BCUT2D eigenvalue weighted by Crippen LogP contribution is -2.08. The van der Waals surface area contributed by atoms with Crippen LogP contribution < -0.4 is 11.1 Å². The van der Waals surface area contributed by atoms with Gasteiger partial charge < -0.3 is 15.8 Å². The molecule has 20 heavy (non-hydrogen) atoms. The van der Waals surface area contributed by atoms with Gasteiger partial charge in [-0.3, -0.25) is 0 Å². The van der Waals surface area contributed by atoms with Crippen LogP contribution in [0.5, 0.6) is 0 Å². The van der Waals surface area contributed by atoms with Gasteiger partial charge in [-0.2, -0.15) is 0 Å². The highest BCUT2D eigenvalue weighted by molar-refractivity contribution is 7.09. The molecule has 106 valence electrons. The van der Waals surface area contributed by atoms with Crippen molar-refractivity contribution in [1.82, 2.24) is 4.98 Å². The first-order valence-electron chi connectivity index (χ1n) is 6.23. The molecule has 0 amide bonds. The number of benzene rings is 1. The van der Waals surface area contributed by atoms with Crippen LogP contribution in [0.15, 0.2) is 23.6 Å². The number of esters is 1. The van der Waals surface area contributed by atoms with Crippen LogP contribution in [0.25, 0.3) is 0 Å². The van der Waals surface area contributed by atoms with E-state index in [0.717, 1.165) is 29.4 Å². The monoisotopic (exact) mass is 291 g/mol. The van der Waals surface area contributed by atoms with Crippen LogP contribution in [0.4, 0.5) is 11.4 Å². The molecule has 1 aromatic carbocycles. The Balaban J connectivity index is 1.94. The van der Waals surface area contributed by atoms with Crippen molar-refractivity contribution in [2.24, 2.45) is 0 Å². The van der Waals surface area contributed by atoms with Crippen molar-refractivity contribution in [3.05, 3.63) is 39.8 Å². The van der Waals surface area contributed by atoms with E-state index < -0.39 is 0 Å². The molecule has 6 heteroatoms.